The molecule has 1 atom stereocenters. The van der Waals surface area contributed by atoms with Crippen molar-refractivity contribution >= 4 is 29.0 Å². The molecular formula is C19H29NOS2. The van der Waals surface area contributed by atoms with Crippen LogP contribution in [0, 0.1) is 5.92 Å². The summed E-state index contributed by atoms with van der Waals surface area (Å²) < 4.78 is 0. The van der Waals surface area contributed by atoms with Crippen molar-refractivity contribution in [2.75, 3.05) is 12.3 Å². The van der Waals surface area contributed by atoms with E-state index in [0.717, 1.165) is 42.5 Å². The van der Waals surface area contributed by atoms with Crippen molar-refractivity contribution in [1.82, 2.24) is 5.32 Å². The Bertz CT molecular complexity index is 519. The molecule has 1 N–H and O–H groups in total. The summed E-state index contributed by atoms with van der Waals surface area (Å²) in [5.74, 6) is 2.11. The topological polar surface area (TPSA) is 29.1 Å². The molecule has 2 aliphatic rings. The molecule has 0 saturated heterocycles. The molecule has 2 nitrogen and oxygen atoms in total. The van der Waals surface area contributed by atoms with Gasteiger partial charge in [0.1, 0.15) is 0 Å². The minimum absolute atomic E-state index is 0.153. The maximum atomic E-state index is 12.4. The summed E-state index contributed by atoms with van der Waals surface area (Å²) in [5, 5.41) is 6.10. The fourth-order valence-corrected chi connectivity index (χ4v) is 6.27. The van der Waals surface area contributed by atoms with E-state index in [1.807, 2.05) is 0 Å². The normalized spacial score (nSPS) is 21.9. The molecule has 3 rings (SSSR count). The van der Waals surface area contributed by atoms with Crippen LogP contribution in [-0.4, -0.2) is 23.5 Å². The lowest BCUT2D eigenvalue weighted by molar-refractivity contribution is 0.0953. The van der Waals surface area contributed by atoms with Gasteiger partial charge in [-0.15, -0.1) is 11.3 Å². The van der Waals surface area contributed by atoms with Crippen LogP contribution in [0.1, 0.15) is 72.7 Å². The Morgan fingerprint density at radius 1 is 1.30 bits per heavy atom. The van der Waals surface area contributed by atoms with Gasteiger partial charge in [0, 0.05) is 22.1 Å². The first-order chi connectivity index (χ1) is 11.2. The van der Waals surface area contributed by atoms with Crippen LogP contribution in [0.15, 0.2) is 5.38 Å². The van der Waals surface area contributed by atoms with Gasteiger partial charge in [0.05, 0.1) is 5.56 Å². The van der Waals surface area contributed by atoms with Crippen LogP contribution in [0.5, 0.6) is 0 Å². The average Bonchev–Trinajstić information content (AvgIpc) is 2.98. The van der Waals surface area contributed by atoms with E-state index in [-0.39, 0.29) is 5.91 Å². The Balaban J connectivity index is 1.38. The van der Waals surface area contributed by atoms with Gasteiger partial charge < -0.3 is 5.32 Å². The fraction of sp³-hybridized carbons (Fsp3) is 0.737. The summed E-state index contributed by atoms with van der Waals surface area (Å²) in [7, 11) is 0. The zero-order valence-electron chi connectivity index (χ0n) is 14.2. The quantitative estimate of drug-likeness (QED) is 0.726. The Morgan fingerprint density at radius 3 is 2.96 bits per heavy atom. The van der Waals surface area contributed by atoms with Crippen LogP contribution >= 0.6 is 23.1 Å². The lowest BCUT2D eigenvalue weighted by Gasteiger charge is -2.21. The van der Waals surface area contributed by atoms with Gasteiger partial charge in [0.15, 0.2) is 0 Å². The zero-order chi connectivity index (χ0) is 16.1. The maximum Gasteiger partial charge on any atom is 0.252 e. The molecule has 0 unspecified atom stereocenters. The minimum atomic E-state index is 0.153. The second-order valence-corrected chi connectivity index (χ2v) is 9.51. The van der Waals surface area contributed by atoms with Gasteiger partial charge in [-0.3, -0.25) is 4.79 Å². The molecule has 0 bridgehead atoms. The van der Waals surface area contributed by atoms with Crippen LogP contribution in [0.2, 0.25) is 0 Å². The molecule has 128 valence electrons. The van der Waals surface area contributed by atoms with Crippen LogP contribution in [0.3, 0.4) is 0 Å². The summed E-state index contributed by atoms with van der Waals surface area (Å²) in [6.07, 6.45) is 11.6. The van der Waals surface area contributed by atoms with Gasteiger partial charge in [-0.1, -0.05) is 26.2 Å². The standard InChI is InChI=1S/C19H29NOS2/c1-14-8-9-16-17(13-23-18(16)12-14)19(21)20-10-5-11-22-15-6-3-2-4-7-15/h13-15H,2-12H2,1H3,(H,20,21)/t14-/m1/s1. The van der Waals surface area contributed by atoms with Crippen molar-refractivity contribution in [1.29, 1.82) is 0 Å². The van der Waals surface area contributed by atoms with Crippen LogP contribution in [0.4, 0.5) is 0 Å². The first-order valence-corrected chi connectivity index (χ1v) is 11.2. The molecule has 1 saturated carbocycles. The van der Waals surface area contributed by atoms with E-state index in [9.17, 15) is 4.79 Å². The number of carbonyl (C=O) groups is 1. The second-order valence-electron chi connectivity index (χ2n) is 7.14. The molecule has 0 aromatic carbocycles. The highest BCUT2D eigenvalue weighted by atomic mass is 32.2. The predicted molar refractivity (Wildman–Crippen MR) is 102 cm³/mol. The van der Waals surface area contributed by atoms with E-state index in [1.165, 1.54) is 54.7 Å². The molecule has 1 heterocycles. The average molecular weight is 352 g/mol. The molecule has 0 spiro atoms. The zero-order valence-corrected chi connectivity index (χ0v) is 15.9. The van der Waals surface area contributed by atoms with Crippen molar-refractivity contribution in [3.05, 3.63) is 21.4 Å². The number of fused-ring (bicyclic) bond motifs is 1. The van der Waals surface area contributed by atoms with Gasteiger partial charge >= 0.3 is 0 Å². The minimum Gasteiger partial charge on any atom is -0.352 e. The monoisotopic (exact) mass is 351 g/mol. The third-order valence-corrected chi connectivity index (χ3v) is 7.68. The number of thiophene rings is 1. The highest BCUT2D eigenvalue weighted by Gasteiger charge is 2.22. The van der Waals surface area contributed by atoms with Gasteiger partial charge in [-0.05, 0) is 55.8 Å². The van der Waals surface area contributed by atoms with E-state index in [4.69, 9.17) is 0 Å². The van der Waals surface area contributed by atoms with Gasteiger partial charge in [-0.25, -0.2) is 0 Å². The van der Waals surface area contributed by atoms with Crippen molar-refractivity contribution in [2.24, 2.45) is 5.92 Å². The third-order valence-electron chi connectivity index (χ3n) is 5.16. The lowest BCUT2D eigenvalue weighted by atomic mass is 9.88. The molecule has 0 radical (unpaired) electrons. The summed E-state index contributed by atoms with van der Waals surface area (Å²) in [4.78, 5) is 13.9. The molecule has 1 aromatic heterocycles. The number of rotatable bonds is 6. The van der Waals surface area contributed by atoms with E-state index >= 15 is 0 Å². The number of thioether (sulfide) groups is 1. The van der Waals surface area contributed by atoms with Crippen LogP contribution < -0.4 is 5.32 Å². The number of hydrogen-bond acceptors (Lipinski definition) is 3. The number of carbonyl (C=O) groups excluding carboxylic acids is 1. The first-order valence-electron chi connectivity index (χ1n) is 9.23. The lowest BCUT2D eigenvalue weighted by Crippen LogP contribution is -2.26. The predicted octanol–water partition coefficient (Wildman–Crippen LogP) is 5.06. The van der Waals surface area contributed by atoms with Crippen LogP contribution in [0.25, 0.3) is 0 Å². The van der Waals surface area contributed by atoms with Crippen LogP contribution in [-0.2, 0) is 12.8 Å². The van der Waals surface area contributed by atoms with E-state index < -0.39 is 0 Å². The smallest absolute Gasteiger partial charge is 0.252 e. The third kappa shape index (κ3) is 4.76. The summed E-state index contributed by atoms with van der Waals surface area (Å²) in [5.41, 5.74) is 2.29. The Morgan fingerprint density at radius 2 is 2.13 bits per heavy atom. The van der Waals surface area contributed by atoms with Gasteiger partial charge in [-0.2, -0.15) is 11.8 Å². The van der Waals surface area contributed by atoms with Gasteiger partial charge in [0.25, 0.3) is 5.91 Å². The summed E-state index contributed by atoms with van der Waals surface area (Å²) in [6, 6.07) is 0. The Kier molecular flexibility index (Phi) is 6.46. The van der Waals surface area contributed by atoms with Crippen molar-refractivity contribution in [3.8, 4) is 0 Å². The molecule has 4 heteroatoms. The van der Waals surface area contributed by atoms with E-state index in [0.29, 0.717) is 0 Å². The Labute approximate surface area is 148 Å². The van der Waals surface area contributed by atoms with Crippen molar-refractivity contribution in [2.45, 2.75) is 70.0 Å². The first kappa shape index (κ1) is 17.3. The number of amides is 1. The van der Waals surface area contributed by atoms with Gasteiger partial charge in [0.2, 0.25) is 0 Å². The molecule has 1 aromatic rings. The molecule has 1 amide bonds. The fourth-order valence-electron chi connectivity index (χ4n) is 3.72. The largest absolute Gasteiger partial charge is 0.352 e. The Hall–Kier alpha value is -0.480. The molecule has 1 fully saturated rings. The van der Waals surface area contributed by atoms with E-state index in [2.05, 4.69) is 29.4 Å². The SMILES string of the molecule is C[C@@H]1CCc2c(C(=O)NCCCSC3CCCCC3)csc2C1. The summed E-state index contributed by atoms with van der Waals surface area (Å²) >= 11 is 3.90. The highest BCUT2D eigenvalue weighted by Crippen LogP contribution is 2.32. The number of hydrogen-bond donors (Lipinski definition) is 1. The molecular weight excluding hydrogens is 322 g/mol. The molecule has 2 aliphatic carbocycles. The summed E-state index contributed by atoms with van der Waals surface area (Å²) in [6.45, 7) is 3.13. The highest BCUT2D eigenvalue weighted by molar-refractivity contribution is 7.99. The van der Waals surface area contributed by atoms with E-state index in [1.54, 1.807) is 11.3 Å². The van der Waals surface area contributed by atoms with Crippen molar-refractivity contribution in [3.63, 3.8) is 0 Å². The number of nitrogens with one attached hydrogen (secondary N) is 1. The maximum absolute atomic E-state index is 12.4. The second kappa shape index (κ2) is 8.57. The van der Waals surface area contributed by atoms with Crippen molar-refractivity contribution < 1.29 is 4.79 Å². The molecule has 23 heavy (non-hydrogen) atoms. The molecule has 0 aliphatic heterocycles.